The molecule has 4 nitrogen and oxygen atoms in total. The summed E-state index contributed by atoms with van der Waals surface area (Å²) in [6.07, 6.45) is 1.49. The highest BCUT2D eigenvalue weighted by atomic mass is 16.5. The lowest BCUT2D eigenvalue weighted by Gasteiger charge is -2.14. The Hall–Kier alpha value is -0.610. The van der Waals surface area contributed by atoms with Crippen molar-refractivity contribution in [2.24, 2.45) is 0 Å². The second-order valence-corrected chi connectivity index (χ2v) is 3.79. The van der Waals surface area contributed by atoms with Crippen molar-refractivity contribution in [3.63, 3.8) is 0 Å². The van der Waals surface area contributed by atoms with Crippen LogP contribution in [0.3, 0.4) is 0 Å². The number of rotatable bonds is 5. The summed E-state index contributed by atoms with van der Waals surface area (Å²) in [7, 11) is 0. The summed E-state index contributed by atoms with van der Waals surface area (Å²) in [5.41, 5.74) is 0. The first-order valence-electron chi connectivity index (χ1n) is 5.33. The van der Waals surface area contributed by atoms with Gasteiger partial charge >= 0.3 is 0 Å². The monoisotopic (exact) mass is 200 g/mol. The maximum absolute atomic E-state index is 11.5. The molecule has 1 rings (SSSR count). The number of amides is 1. The van der Waals surface area contributed by atoms with Crippen LogP contribution in [-0.4, -0.2) is 37.7 Å². The lowest BCUT2D eigenvalue weighted by molar-refractivity contribution is -0.122. The summed E-state index contributed by atoms with van der Waals surface area (Å²) in [5, 5.41) is 6.17. The molecular formula is C10H20N2O2. The molecule has 1 amide bonds. The Balaban J connectivity index is 2.14. The SMILES string of the molecule is CCNC(C)CC(=O)NC1CCOC1. The molecular weight excluding hydrogens is 180 g/mol. The van der Waals surface area contributed by atoms with E-state index in [9.17, 15) is 4.79 Å². The topological polar surface area (TPSA) is 50.4 Å². The van der Waals surface area contributed by atoms with Crippen molar-refractivity contribution in [3.8, 4) is 0 Å². The van der Waals surface area contributed by atoms with E-state index in [-0.39, 0.29) is 18.0 Å². The zero-order chi connectivity index (χ0) is 10.4. The molecule has 0 radical (unpaired) electrons. The minimum atomic E-state index is 0.119. The normalized spacial score (nSPS) is 23.4. The molecule has 1 aliphatic rings. The molecule has 4 heteroatoms. The van der Waals surface area contributed by atoms with Crippen LogP contribution in [0.4, 0.5) is 0 Å². The van der Waals surface area contributed by atoms with Gasteiger partial charge in [0, 0.05) is 19.1 Å². The minimum absolute atomic E-state index is 0.119. The largest absolute Gasteiger partial charge is 0.379 e. The average Bonchev–Trinajstić information content (AvgIpc) is 2.56. The lowest BCUT2D eigenvalue weighted by Crippen LogP contribution is -2.39. The number of nitrogens with one attached hydrogen (secondary N) is 2. The highest BCUT2D eigenvalue weighted by molar-refractivity contribution is 5.76. The van der Waals surface area contributed by atoms with Crippen LogP contribution in [-0.2, 0) is 9.53 Å². The van der Waals surface area contributed by atoms with E-state index in [1.807, 2.05) is 13.8 Å². The van der Waals surface area contributed by atoms with E-state index in [2.05, 4.69) is 10.6 Å². The van der Waals surface area contributed by atoms with E-state index < -0.39 is 0 Å². The van der Waals surface area contributed by atoms with E-state index in [0.29, 0.717) is 13.0 Å². The molecule has 1 saturated heterocycles. The van der Waals surface area contributed by atoms with E-state index in [4.69, 9.17) is 4.74 Å². The Labute approximate surface area is 85.4 Å². The number of hydrogen-bond acceptors (Lipinski definition) is 3. The first kappa shape index (κ1) is 11.5. The van der Waals surface area contributed by atoms with Gasteiger partial charge in [-0.05, 0) is 19.9 Å². The highest BCUT2D eigenvalue weighted by Crippen LogP contribution is 2.03. The van der Waals surface area contributed by atoms with E-state index in [1.165, 1.54) is 0 Å². The summed E-state index contributed by atoms with van der Waals surface area (Å²) < 4.78 is 5.18. The van der Waals surface area contributed by atoms with Gasteiger partial charge in [0.05, 0.1) is 12.6 Å². The maximum atomic E-state index is 11.5. The van der Waals surface area contributed by atoms with Gasteiger partial charge in [-0.1, -0.05) is 6.92 Å². The number of hydrogen-bond donors (Lipinski definition) is 2. The summed E-state index contributed by atoms with van der Waals surface area (Å²) in [5.74, 6) is 0.119. The van der Waals surface area contributed by atoms with E-state index >= 15 is 0 Å². The first-order valence-corrected chi connectivity index (χ1v) is 5.33. The van der Waals surface area contributed by atoms with Crippen LogP contribution >= 0.6 is 0 Å². The molecule has 1 aliphatic heterocycles. The van der Waals surface area contributed by atoms with Crippen LogP contribution in [0.1, 0.15) is 26.7 Å². The van der Waals surface area contributed by atoms with Gasteiger partial charge in [0.1, 0.15) is 0 Å². The molecule has 14 heavy (non-hydrogen) atoms. The van der Waals surface area contributed by atoms with Crippen molar-refractivity contribution in [3.05, 3.63) is 0 Å². The van der Waals surface area contributed by atoms with Crippen molar-refractivity contribution in [2.45, 2.75) is 38.8 Å². The highest BCUT2D eigenvalue weighted by Gasteiger charge is 2.18. The fourth-order valence-corrected chi connectivity index (χ4v) is 1.63. The fraction of sp³-hybridized carbons (Fsp3) is 0.900. The van der Waals surface area contributed by atoms with Crippen LogP contribution < -0.4 is 10.6 Å². The van der Waals surface area contributed by atoms with Gasteiger partial charge in [0.15, 0.2) is 0 Å². The first-order chi connectivity index (χ1) is 6.72. The molecule has 0 spiro atoms. The van der Waals surface area contributed by atoms with Crippen LogP contribution in [0.2, 0.25) is 0 Å². The Morgan fingerprint density at radius 2 is 2.43 bits per heavy atom. The van der Waals surface area contributed by atoms with Gasteiger partial charge in [-0.15, -0.1) is 0 Å². The third-order valence-electron chi connectivity index (χ3n) is 2.34. The molecule has 0 aromatic heterocycles. The van der Waals surface area contributed by atoms with Gasteiger partial charge in [0.25, 0.3) is 0 Å². The fourth-order valence-electron chi connectivity index (χ4n) is 1.63. The average molecular weight is 200 g/mol. The zero-order valence-corrected chi connectivity index (χ0v) is 9.01. The number of carbonyl (C=O) groups excluding carboxylic acids is 1. The van der Waals surface area contributed by atoms with Crippen molar-refractivity contribution in [1.29, 1.82) is 0 Å². The molecule has 1 heterocycles. The van der Waals surface area contributed by atoms with E-state index in [0.717, 1.165) is 19.6 Å². The Morgan fingerprint density at radius 1 is 1.64 bits per heavy atom. The van der Waals surface area contributed by atoms with E-state index in [1.54, 1.807) is 0 Å². The number of carbonyl (C=O) groups is 1. The lowest BCUT2D eigenvalue weighted by atomic mass is 10.2. The van der Waals surface area contributed by atoms with Crippen molar-refractivity contribution >= 4 is 5.91 Å². The second kappa shape index (κ2) is 5.98. The molecule has 0 bridgehead atoms. The molecule has 0 aromatic rings. The quantitative estimate of drug-likeness (QED) is 0.670. The van der Waals surface area contributed by atoms with Crippen LogP contribution in [0, 0.1) is 0 Å². The standard InChI is InChI=1S/C10H20N2O2/c1-3-11-8(2)6-10(13)12-9-4-5-14-7-9/h8-9,11H,3-7H2,1-2H3,(H,12,13). The number of ether oxygens (including phenoxy) is 1. The minimum Gasteiger partial charge on any atom is -0.379 e. The Kier molecular flexibility index (Phi) is 4.90. The predicted molar refractivity (Wildman–Crippen MR) is 55.1 cm³/mol. The zero-order valence-electron chi connectivity index (χ0n) is 9.01. The maximum Gasteiger partial charge on any atom is 0.221 e. The Morgan fingerprint density at radius 3 is 3.00 bits per heavy atom. The molecule has 1 fully saturated rings. The smallest absolute Gasteiger partial charge is 0.221 e. The summed E-state index contributed by atoms with van der Waals surface area (Å²) in [6, 6.07) is 0.485. The van der Waals surface area contributed by atoms with Gasteiger partial charge in [-0.25, -0.2) is 0 Å². The molecule has 0 saturated carbocycles. The summed E-state index contributed by atoms with van der Waals surface area (Å²) in [4.78, 5) is 11.5. The molecule has 2 unspecified atom stereocenters. The van der Waals surface area contributed by atoms with Crippen LogP contribution in [0.5, 0.6) is 0 Å². The molecule has 0 aliphatic carbocycles. The van der Waals surface area contributed by atoms with Gasteiger partial charge in [-0.3, -0.25) is 4.79 Å². The van der Waals surface area contributed by atoms with Gasteiger partial charge in [0.2, 0.25) is 5.91 Å². The third-order valence-corrected chi connectivity index (χ3v) is 2.34. The van der Waals surface area contributed by atoms with Crippen molar-refractivity contribution in [1.82, 2.24) is 10.6 Å². The summed E-state index contributed by atoms with van der Waals surface area (Å²) >= 11 is 0. The van der Waals surface area contributed by atoms with Crippen molar-refractivity contribution < 1.29 is 9.53 Å². The molecule has 2 atom stereocenters. The molecule has 2 N–H and O–H groups in total. The third kappa shape index (κ3) is 4.07. The second-order valence-electron chi connectivity index (χ2n) is 3.79. The van der Waals surface area contributed by atoms with Gasteiger partial charge in [-0.2, -0.15) is 0 Å². The van der Waals surface area contributed by atoms with Crippen LogP contribution in [0.15, 0.2) is 0 Å². The predicted octanol–water partition coefficient (Wildman–Crippen LogP) is 0.280. The summed E-state index contributed by atoms with van der Waals surface area (Å²) in [6.45, 7) is 6.41. The Bertz CT molecular complexity index is 179. The van der Waals surface area contributed by atoms with Gasteiger partial charge < -0.3 is 15.4 Å². The molecule has 82 valence electrons. The van der Waals surface area contributed by atoms with Crippen molar-refractivity contribution in [2.75, 3.05) is 19.8 Å². The molecule has 0 aromatic carbocycles. The van der Waals surface area contributed by atoms with Crippen LogP contribution in [0.25, 0.3) is 0 Å².